The van der Waals surface area contributed by atoms with Crippen LogP contribution in [0.5, 0.6) is 0 Å². The zero-order valence-electron chi connectivity index (χ0n) is 22.5. The lowest BCUT2D eigenvalue weighted by Crippen LogP contribution is -2.48. The highest BCUT2D eigenvalue weighted by Gasteiger charge is 2.58. The van der Waals surface area contributed by atoms with Crippen molar-refractivity contribution in [1.29, 1.82) is 0 Å². The second-order valence-electron chi connectivity index (χ2n) is 10.8. The van der Waals surface area contributed by atoms with E-state index in [1.165, 1.54) is 24.2 Å². The average molecular weight is 538 g/mol. The minimum Gasteiger partial charge on any atom is -0.455 e. The van der Waals surface area contributed by atoms with Gasteiger partial charge in [0.1, 0.15) is 12.1 Å². The molecule has 6 atom stereocenters. The molecular formula is C25H40FN7O5. The van der Waals surface area contributed by atoms with Crippen LogP contribution < -0.4 is 16.8 Å². The van der Waals surface area contributed by atoms with Gasteiger partial charge < -0.3 is 36.1 Å². The predicted octanol–water partition coefficient (Wildman–Crippen LogP) is 2.28. The van der Waals surface area contributed by atoms with Gasteiger partial charge in [0.05, 0.1) is 12.9 Å². The number of rotatable bonds is 10. The van der Waals surface area contributed by atoms with Crippen LogP contribution in [0.2, 0.25) is 0 Å². The molecule has 12 nitrogen and oxygen atoms in total. The number of carbonyl (C=O) groups excluding carboxylic acids is 1. The van der Waals surface area contributed by atoms with E-state index in [4.69, 9.17) is 25.7 Å². The minimum absolute atomic E-state index is 0.0289. The van der Waals surface area contributed by atoms with Crippen molar-refractivity contribution in [2.24, 2.45) is 17.6 Å². The summed E-state index contributed by atoms with van der Waals surface area (Å²) in [7, 11) is 1.66. The van der Waals surface area contributed by atoms with Gasteiger partial charge in [-0.1, -0.05) is 46.0 Å². The van der Waals surface area contributed by atoms with Crippen LogP contribution in [0.4, 0.5) is 16.2 Å². The largest absolute Gasteiger partial charge is 0.455 e. The Hall–Kier alpha value is -2.61. The average Bonchev–Trinajstić information content (AvgIpc) is 3.40. The standard InChI is InChI=1S/C25H40FN7O5/c1-13(2)17(27)22(35)38-19-15(11-36-16(34)10-14-8-6-5-7-9-14)37-23(25(19,3)26)33-12-30-18-20(29-4)31-24(28)32-21(18)33/h12-17,19,23,34H,5-11,27H2,1-4H3,(H3,28,29,31,32)/t15-,16?,17+,19-,23?,25-/m1/s1. The molecule has 0 spiro atoms. The fraction of sp³-hybridized carbons (Fsp3) is 0.760. The number of halogens is 1. The smallest absolute Gasteiger partial charge is 0.323 e. The van der Waals surface area contributed by atoms with Crippen molar-refractivity contribution in [3.8, 4) is 0 Å². The van der Waals surface area contributed by atoms with Crippen molar-refractivity contribution >= 4 is 28.9 Å². The Morgan fingerprint density at radius 3 is 2.71 bits per heavy atom. The van der Waals surface area contributed by atoms with E-state index in [0.29, 0.717) is 23.7 Å². The number of nitrogens with zero attached hydrogens (tertiary/aromatic N) is 4. The van der Waals surface area contributed by atoms with Gasteiger partial charge in [0.25, 0.3) is 0 Å². The molecule has 38 heavy (non-hydrogen) atoms. The molecule has 13 heteroatoms. The topological polar surface area (TPSA) is 173 Å². The molecular weight excluding hydrogens is 497 g/mol. The van der Waals surface area contributed by atoms with E-state index in [1.54, 1.807) is 20.9 Å². The maximum Gasteiger partial charge on any atom is 0.323 e. The molecule has 212 valence electrons. The fourth-order valence-corrected chi connectivity index (χ4v) is 5.27. The Kier molecular flexibility index (Phi) is 8.70. The van der Waals surface area contributed by atoms with E-state index in [9.17, 15) is 9.90 Å². The van der Waals surface area contributed by atoms with Gasteiger partial charge in [-0.3, -0.25) is 9.36 Å². The molecule has 2 aromatic rings. The Morgan fingerprint density at radius 1 is 1.34 bits per heavy atom. The first-order chi connectivity index (χ1) is 18.0. The van der Waals surface area contributed by atoms with Gasteiger partial charge in [0.15, 0.2) is 41.3 Å². The van der Waals surface area contributed by atoms with E-state index in [0.717, 1.165) is 25.7 Å². The first-order valence-corrected chi connectivity index (χ1v) is 13.3. The number of ether oxygens (including phenoxy) is 3. The third kappa shape index (κ3) is 5.85. The van der Waals surface area contributed by atoms with Crippen LogP contribution in [0.3, 0.4) is 0 Å². The molecule has 0 amide bonds. The third-order valence-corrected chi connectivity index (χ3v) is 7.55. The van der Waals surface area contributed by atoms with Gasteiger partial charge in [-0.05, 0) is 18.8 Å². The van der Waals surface area contributed by atoms with E-state index in [1.807, 2.05) is 0 Å². The molecule has 0 bridgehead atoms. The number of aliphatic hydroxyl groups excluding tert-OH is 1. The molecule has 1 aliphatic heterocycles. The Bertz CT molecular complexity index is 1110. The van der Waals surface area contributed by atoms with Crippen molar-refractivity contribution in [2.75, 3.05) is 24.7 Å². The number of esters is 1. The summed E-state index contributed by atoms with van der Waals surface area (Å²) in [6.45, 7) is 4.64. The molecule has 2 fully saturated rings. The van der Waals surface area contributed by atoms with E-state index >= 15 is 4.39 Å². The third-order valence-electron chi connectivity index (χ3n) is 7.55. The molecule has 3 heterocycles. The van der Waals surface area contributed by atoms with Crippen molar-refractivity contribution < 1.29 is 28.5 Å². The number of hydrogen-bond donors (Lipinski definition) is 4. The van der Waals surface area contributed by atoms with Gasteiger partial charge in [-0.2, -0.15) is 9.97 Å². The van der Waals surface area contributed by atoms with Crippen molar-refractivity contribution in [2.45, 2.75) is 95.7 Å². The van der Waals surface area contributed by atoms with E-state index in [-0.39, 0.29) is 24.1 Å². The summed E-state index contributed by atoms with van der Waals surface area (Å²) in [4.78, 5) is 25.5. The van der Waals surface area contributed by atoms with Gasteiger partial charge in [-0.25, -0.2) is 9.37 Å². The second kappa shape index (κ2) is 11.6. The number of nitrogens with one attached hydrogen (secondary N) is 1. The number of fused-ring (bicyclic) bond motifs is 1. The number of hydrogen-bond acceptors (Lipinski definition) is 11. The normalized spacial score (nSPS) is 28.1. The number of aliphatic hydroxyl groups is 1. The number of imidazole rings is 1. The van der Waals surface area contributed by atoms with Crippen LogP contribution in [0.15, 0.2) is 6.33 Å². The first-order valence-electron chi connectivity index (χ1n) is 13.3. The predicted molar refractivity (Wildman–Crippen MR) is 139 cm³/mol. The first kappa shape index (κ1) is 28.4. The fourth-order valence-electron chi connectivity index (χ4n) is 5.27. The number of alkyl halides is 1. The summed E-state index contributed by atoms with van der Waals surface area (Å²) < 4.78 is 35.4. The number of aromatic nitrogens is 4. The summed E-state index contributed by atoms with van der Waals surface area (Å²) in [5.41, 5.74) is 10.2. The monoisotopic (exact) mass is 537 g/mol. The highest BCUT2D eigenvalue weighted by Crippen LogP contribution is 2.44. The highest BCUT2D eigenvalue weighted by molar-refractivity contribution is 5.84. The number of anilines is 2. The lowest BCUT2D eigenvalue weighted by atomic mass is 9.87. The van der Waals surface area contributed by atoms with Crippen LogP contribution in [0.25, 0.3) is 11.2 Å². The molecule has 2 aliphatic rings. The lowest BCUT2D eigenvalue weighted by Gasteiger charge is -2.29. The van der Waals surface area contributed by atoms with Crippen molar-refractivity contribution in [1.82, 2.24) is 19.5 Å². The molecule has 1 aliphatic carbocycles. The minimum atomic E-state index is -2.23. The highest BCUT2D eigenvalue weighted by atomic mass is 19.1. The molecule has 1 saturated carbocycles. The molecule has 4 rings (SSSR count). The maximum atomic E-state index is 16.6. The van der Waals surface area contributed by atoms with Crippen LogP contribution >= 0.6 is 0 Å². The summed E-state index contributed by atoms with van der Waals surface area (Å²) >= 11 is 0. The van der Waals surface area contributed by atoms with Crippen LogP contribution in [0, 0.1) is 11.8 Å². The van der Waals surface area contributed by atoms with Crippen molar-refractivity contribution in [3.63, 3.8) is 0 Å². The van der Waals surface area contributed by atoms with Crippen LogP contribution in [0.1, 0.15) is 65.5 Å². The molecule has 2 unspecified atom stereocenters. The summed E-state index contributed by atoms with van der Waals surface area (Å²) in [5.74, 6) is -0.231. The number of carbonyl (C=O) groups is 1. The number of nitrogen functional groups attached to an aromatic ring is 1. The van der Waals surface area contributed by atoms with Gasteiger partial charge in [0.2, 0.25) is 5.95 Å². The Labute approximate surface area is 221 Å². The summed E-state index contributed by atoms with van der Waals surface area (Å²) in [5, 5.41) is 13.4. The van der Waals surface area contributed by atoms with Gasteiger partial charge in [0, 0.05) is 13.5 Å². The molecule has 1 saturated heterocycles. The molecule has 0 aromatic carbocycles. The van der Waals surface area contributed by atoms with Crippen LogP contribution in [-0.4, -0.2) is 74.5 Å². The molecule has 6 N–H and O–H groups in total. The quantitative estimate of drug-likeness (QED) is 0.259. The lowest BCUT2D eigenvalue weighted by molar-refractivity contribution is -0.170. The van der Waals surface area contributed by atoms with E-state index < -0.39 is 42.4 Å². The molecule has 0 radical (unpaired) electrons. The van der Waals surface area contributed by atoms with E-state index in [2.05, 4.69) is 20.3 Å². The van der Waals surface area contributed by atoms with Crippen LogP contribution in [-0.2, 0) is 19.0 Å². The van der Waals surface area contributed by atoms with Gasteiger partial charge >= 0.3 is 5.97 Å². The summed E-state index contributed by atoms with van der Waals surface area (Å²) in [6.07, 6.45) is 2.72. The summed E-state index contributed by atoms with van der Waals surface area (Å²) in [6, 6.07) is -0.942. The van der Waals surface area contributed by atoms with Gasteiger partial charge in [-0.15, -0.1) is 0 Å². The number of nitrogens with two attached hydrogens (primary N) is 2. The zero-order chi connectivity index (χ0) is 27.6. The maximum absolute atomic E-state index is 16.6. The molecule has 2 aromatic heterocycles. The van der Waals surface area contributed by atoms with Crippen molar-refractivity contribution in [3.05, 3.63) is 6.33 Å². The Morgan fingerprint density at radius 2 is 2.05 bits per heavy atom. The Balaban J connectivity index is 1.58. The second-order valence-corrected chi connectivity index (χ2v) is 10.8. The zero-order valence-corrected chi connectivity index (χ0v) is 22.5. The SMILES string of the molecule is CNc1nc(N)nc2c1ncn2C1O[C@H](COC(O)CC2CCCCC2)[C@@H](OC(=O)[C@@H](N)C(C)C)[C@@]1(C)F.